The van der Waals surface area contributed by atoms with E-state index in [4.69, 9.17) is 6.11 Å². The Balaban J connectivity index is 1.62. The Morgan fingerprint density at radius 3 is 2.21 bits per heavy atom. The van der Waals surface area contributed by atoms with Crippen molar-refractivity contribution in [1.29, 1.82) is 0 Å². The minimum absolute atomic E-state index is 0.272. The van der Waals surface area contributed by atoms with Gasteiger partial charge in [-0.3, -0.25) is 0 Å². The van der Waals surface area contributed by atoms with E-state index in [1.54, 1.807) is 24.3 Å². The third kappa shape index (κ3) is 4.07. The van der Waals surface area contributed by atoms with Crippen LogP contribution in [0, 0.1) is 0 Å². The predicted molar refractivity (Wildman–Crippen MR) is 113 cm³/mol. The van der Waals surface area contributed by atoms with Crippen LogP contribution in [0.5, 0.6) is 5.75 Å². The number of rotatable bonds is 5. The van der Waals surface area contributed by atoms with Gasteiger partial charge in [0.15, 0.2) is 9.84 Å². The summed E-state index contributed by atoms with van der Waals surface area (Å²) in [6.07, 6.45) is 1.19. The van der Waals surface area contributed by atoms with Crippen LogP contribution in [0.4, 0.5) is 0 Å². The maximum absolute atomic E-state index is 11.6. The van der Waals surface area contributed by atoms with E-state index in [1.807, 2.05) is 60.7 Å². The van der Waals surface area contributed by atoms with Crippen molar-refractivity contribution in [3.63, 3.8) is 0 Å². The number of sulfone groups is 1. The van der Waals surface area contributed by atoms with Crippen molar-refractivity contribution < 1.29 is 14.5 Å². The van der Waals surface area contributed by atoms with Crippen LogP contribution in [0.1, 0.15) is 6.93 Å². The predicted octanol–water partition coefficient (Wildman–Crippen LogP) is 5.49. The van der Waals surface area contributed by atoms with Crippen LogP contribution in [0.15, 0.2) is 95.9 Å². The van der Waals surface area contributed by atoms with Crippen LogP contribution in [0.2, 0.25) is 0 Å². The molecule has 0 saturated heterocycles. The van der Waals surface area contributed by atoms with Crippen molar-refractivity contribution in [1.82, 2.24) is 0 Å². The average Bonchev–Trinajstić information content (AvgIpc) is 2.73. The van der Waals surface area contributed by atoms with Gasteiger partial charge in [-0.05, 0) is 57.8 Å². The first-order chi connectivity index (χ1) is 13.9. The molecule has 0 radical (unpaired) electrons. The molecule has 0 amide bonds. The average molecular weight is 389 g/mol. The molecule has 0 aromatic heterocycles. The van der Waals surface area contributed by atoms with E-state index < -0.39 is 9.84 Å². The zero-order valence-electron chi connectivity index (χ0n) is 16.4. The van der Waals surface area contributed by atoms with Gasteiger partial charge in [-0.1, -0.05) is 60.7 Å². The minimum atomic E-state index is -3.24. The molecule has 4 rings (SSSR count). The van der Waals surface area contributed by atoms with Crippen LogP contribution in [0.25, 0.3) is 21.9 Å². The Hall–Kier alpha value is -3.11. The molecule has 0 atom stereocenters. The van der Waals surface area contributed by atoms with Crippen LogP contribution < -0.4 is 4.74 Å². The summed E-state index contributed by atoms with van der Waals surface area (Å²) in [5, 5.41) is 1.75. The second-order valence-electron chi connectivity index (χ2n) is 6.69. The van der Waals surface area contributed by atoms with Gasteiger partial charge in [-0.25, -0.2) is 8.42 Å². The van der Waals surface area contributed by atoms with E-state index in [2.05, 4.69) is 0 Å². The fourth-order valence-electron chi connectivity index (χ4n) is 3.03. The van der Waals surface area contributed by atoms with Gasteiger partial charge >= 0.3 is 0 Å². The zero-order valence-corrected chi connectivity index (χ0v) is 16.2. The highest BCUT2D eigenvalue weighted by atomic mass is 32.2. The lowest BCUT2D eigenvalue weighted by atomic mass is 10.0. The summed E-state index contributed by atoms with van der Waals surface area (Å²) in [7, 11) is -3.24. The van der Waals surface area contributed by atoms with Crippen LogP contribution in [0.3, 0.4) is 0 Å². The molecule has 4 aromatic carbocycles. The molecule has 0 aliphatic rings. The maximum Gasteiger partial charge on any atom is 0.175 e. The number of hydrogen-bond donors (Lipinski definition) is 0. The molecule has 0 aliphatic carbocycles. The van der Waals surface area contributed by atoms with Gasteiger partial charge in [-0.2, -0.15) is 0 Å². The highest BCUT2D eigenvalue weighted by Crippen LogP contribution is 2.28. The van der Waals surface area contributed by atoms with Crippen molar-refractivity contribution in [2.45, 2.75) is 11.5 Å². The van der Waals surface area contributed by atoms with Gasteiger partial charge in [0, 0.05) is 6.26 Å². The monoisotopic (exact) mass is 389 g/mol. The third-order valence-corrected chi connectivity index (χ3v) is 5.69. The lowest BCUT2D eigenvalue weighted by Crippen LogP contribution is -1.96. The molecule has 0 bridgehead atoms. The molecule has 4 heteroatoms. The number of hydrogen-bond acceptors (Lipinski definition) is 3. The van der Waals surface area contributed by atoms with Crippen LogP contribution in [-0.2, 0) is 16.4 Å². The summed E-state index contributed by atoms with van der Waals surface area (Å²) in [6, 6.07) is 26.6. The largest absolute Gasteiger partial charge is 0.489 e. The summed E-state index contributed by atoms with van der Waals surface area (Å²) < 4.78 is 37.8. The third-order valence-electron chi connectivity index (χ3n) is 4.56. The Labute approximate surface area is 166 Å². The number of ether oxygens (including phenoxy) is 1. The van der Waals surface area contributed by atoms with Crippen LogP contribution >= 0.6 is 0 Å². The number of fused-ring (bicyclic) bond motifs is 1. The molecule has 140 valence electrons. The highest BCUT2D eigenvalue weighted by molar-refractivity contribution is 7.90. The van der Waals surface area contributed by atoms with Gasteiger partial charge in [0.1, 0.15) is 12.4 Å². The standard InChI is InChI=1S/C24H20O3S/c1-28(25,26)24-13-10-19(11-14-24)20-7-8-22-16-23(12-9-21(22)15-20)27-17-18-5-3-2-4-6-18/h2-16H,17H2,1H3/i15D. The van der Waals surface area contributed by atoms with Gasteiger partial charge < -0.3 is 4.74 Å². The van der Waals surface area contributed by atoms with Gasteiger partial charge in [0.05, 0.1) is 6.27 Å². The lowest BCUT2D eigenvalue weighted by molar-refractivity contribution is 0.306. The smallest absolute Gasteiger partial charge is 0.175 e. The first-order valence-electron chi connectivity index (χ1n) is 9.42. The normalized spacial score (nSPS) is 12.0. The first kappa shape index (κ1) is 17.0. The summed E-state index contributed by atoms with van der Waals surface area (Å²) in [4.78, 5) is 0.272. The van der Waals surface area contributed by atoms with Gasteiger partial charge in [0.2, 0.25) is 0 Å². The zero-order chi connectivity index (χ0) is 20.4. The highest BCUT2D eigenvalue weighted by Gasteiger charge is 2.07. The van der Waals surface area contributed by atoms with E-state index in [0.717, 1.165) is 33.2 Å². The summed E-state index contributed by atoms with van der Waals surface area (Å²) >= 11 is 0. The fourth-order valence-corrected chi connectivity index (χ4v) is 3.66. The van der Waals surface area contributed by atoms with Gasteiger partial charge in [-0.15, -0.1) is 0 Å². The van der Waals surface area contributed by atoms with Crippen molar-refractivity contribution in [3.8, 4) is 16.9 Å². The Morgan fingerprint density at radius 2 is 1.50 bits per heavy atom. The Bertz CT molecular complexity index is 1270. The fraction of sp³-hybridized carbons (Fsp3) is 0.0833. The van der Waals surface area contributed by atoms with E-state index >= 15 is 0 Å². The second-order valence-corrected chi connectivity index (χ2v) is 8.71. The second kappa shape index (κ2) is 7.49. The van der Waals surface area contributed by atoms with E-state index in [-0.39, 0.29) is 4.90 Å². The van der Waals surface area contributed by atoms with Crippen molar-refractivity contribution in [2.75, 3.05) is 6.26 Å². The van der Waals surface area contributed by atoms with Crippen molar-refractivity contribution in [2.24, 2.45) is 0 Å². The summed E-state index contributed by atoms with van der Waals surface area (Å²) in [5.41, 5.74) is 2.67. The molecule has 0 saturated carbocycles. The first-order valence-corrected chi connectivity index (χ1v) is 10.8. The van der Waals surface area contributed by atoms with Crippen LogP contribution in [-0.4, -0.2) is 14.7 Å². The SMILES string of the molecule is [2H]c1c(-c2ccc(S(C)(=O)=O)cc2)ccc2cc(OCc3ccccc3)ccc12. The maximum atomic E-state index is 11.6. The van der Waals surface area contributed by atoms with E-state index in [1.165, 1.54) is 6.26 Å². The molecule has 0 heterocycles. The molecule has 3 nitrogen and oxygen atoms in total. The van der Waals surface area contributed by atoms with Crippen molar-refractivity contribution >= 4 is 20.6 Å². The van der Waals surface area contributed by atoms with Gasteiger partial charge in [0.25, 0.3) is 0 Å². The molecule has 4 aromatic rings. The lowest BCUT2D eigenvalue weighted by Gasteiger charge is -2.09. The molecule has 28 heavy (non-hydrogen) atoms. The molecular weight excluding hydrogens is 368 g/mol. The topological polar surface area (TPSA) is 43.4 Å². The molecular formula is C24H20O3S. The Morgan fingerprint density at radius 1 is 0.821 bits per heavy atom. The summed E-state index contributed by atoms with van der Waals surface area (Å²) in [6.45, 7) is 0.491. The molecule has 0 spiro atoms. The molecule has 0 fully saturated rings. The summed E-state index contributed by atoms with van der Waals surface area (Å²) in [5.74, 6) is 0.756. The van der Waals surface area contributed by atoms with Crippen molar-refractivity contribution in [3.05, 3.63) is 96.5 Å². The Kier molecular flexibility index (Phi) is 4.55. The number of benzene rings is 4. The molecule has 0 unspecified atom stereocenters. The molecule has 0 aliphatic heterocycles. The minimum Gasteiger partial charge on any atom is -0.489 e. The molecule has 0 N–H and O–H groups in total. The van der Waals surface area contributed by atoms with E-state index in [9.17, 15) is 8.42 Å². The van der Waals surface area contributed by atoms with E-state index in [0.29, 0.717) is 12.6 Å². The quantitative estimate of drug-likeness (QED) is 0.453.